The average Bonchev–Trinajstić information content (AvgIpc) is 2.32. The van der Waals surface area contributed by atoms with Gasteiger partial charge in [0.1, 0.15) is 0 Å². The summed E-state index contributed by atoms with van der Waals surface area (Å²) in [6, 6.07) is 7.74. The van der Waals surface area contributed by atoms with Crippen LogP contribution < -0.4 is 0 Å². The Balaban J connectivity index is 2.27. The topological polar surface area (TPSA) is 17.1 Å². The first-order valence-corrected chi connectivity index (χ1v) is 5.60. The highest BCUT2D eigenvalue weighted by molar-refractivity contribution is 6.00. The van der Waals surface area contributed by atoms with E-state index in [0.29, 0.717) is 6.42 Å². The summed E-state index contributed by atoms with van der Waals surface area (Å²) < 4.78 is 0. The molecule has 0 aromatic heterocycles. The molecule has 0 bridgehead atoms. The number of carbonyl (C=O) groups is 1. The standard InChI is InChI=1S/C15H14O/c1-2-12-6-5-7-13(10-12)11-14-8-3-4-9-15(14)16/h1,5-7,10-11H,3-4,8-9H2/b14-11-. The first kappa shape index (κ1) is 10.7. The molecule has 1 nitrogen and oxygen atoms in total. The second-order valence-electron chi connectivity index (χ2n) is 4.07. The van der Waals surface area contributed by atoms with Crippen molar-refractivity contribution in [1.29, 1.82) is 0 Å². The molecule has 1 saturated carbocycles. The number of ketones is 1. The lowest BCUT2D eigenvalue weighted by Crippen LogP contribution is -2.07. The number of terminal acetylenes is 1. The number of hydrogen-bond acceptors (Lipinski definition) is 1. The molecule has 1 aromatic carbocycles. The molecule has 0 saturated heterocycles. The van der Waals surface area contributed by atoms with Crippen molar-refractivity contribution >= 4 is 11.9 Å². The third-order valence-electron chi connectivity index (χ3n) is 2.85. The van der Waals surface area contributed by atoms with Crippen LogP contribution in [0.15, 0.2) is 29.8 Å². The number of allylic oxidation sites excluding steroid dienone is 1. The molecule has 80 valence electrons. The van der Waals surface area contributed by atoms with Crippen LogP contribution in [-0.2, 0) is 4.79 Å². The number of rotatable bonds is 1. The van der Waals surface area contributed by atoms with Crippen molar-refractivity contribution in [3.05, 3.63) is 41.0 Å². The molecule has 0 unspecified atom stereocenters. The number of benzene rings is 1. The molecule has 0 amide bonds. The molecule has 0 atom stereocenters. The van der Waals surface area contributed by atoms with Crippen molar-refractivity contribution in [3.8, 4) is 12.3 Å². The van der Waals surface area contributed by atoms with Crippen LogP contribution in [0.1, 0.15) is 36.8 Å². The molecule has 0 aliphatic heterocycles. The minimum absolute atomic E-state index is 0.289. The van der Waals surface area contributed by atoms with Gasteiger partial charge in [-0.15, -0.1) is 6.42 Å². The van der Waals surface area contributed by atoms with Crippen molar-refractivity contribution in [1.82, 2.24) is 0 Å². The van der Waals surface area contributed by atoms with Gasteiger partial charge < -0.3 is 0 Å². The molecule has 1 aliphatic rings. The lowest BCUT2D eigenvalue weighted by molar-refractivity contribution is -0.116. The zero-order valence-corrected chi connectivity index (χ0v) is 9.20. The SMILES string of the molecule is C#Cc1cccc(/C=C2/CCCCC2=O)c1. The van der Waals surface area contributed by atoms with E-state index in [1.165, 1.54) is 0 Å². The summed E-state index contributed by atoms with van der Waals surface area (Å²) in [6.45, 7) is 0. The number of carbonyl (C=O) groups excluding carboxylic acids is 1. The Morgan fingerprint density at radius 3 is 2.81 bits per heavy atom. The van der Waals surface area contributed by atoms with E-state index in [-0.39, 0.29) is 5.78 Å². The molecular weight excluding hydrogens is 196 g/mol. The normalized spacial score (nSPS) is 18.4. The predicted octanol–water partition coefficient (Wildman–Crippen LogP) is 3.19. The maximum Gasteiger partial charge on any atom is 0.158 e. The van der Waals surface area contributed by atoms with Crippen molar-refractivity contribution in [2.75, 3.05) is 0 Å². The summed E-state index contributed by atoms with van der Waals surface area (Å²) in [5.74, 6) is 2.89. The van der Waals surface area contributed by atoms with Crippen molar-refractivity contribution < 1.29 is 4.79 Å². The summed E-state index contributed by atoms with van der Waals surface area (Å²) in [6.07, 6.45) is 11.1. The fourth-order valence-corrected chi connectivity index (χ4v) is 1.97. The van der Waals surface area contributed by atoms with Crippen LogP contribution in [0.4, 0.5) is 0 Å². The first-order chi connectivity index (χ1) is 7.79. The molecule has 0 radical (unpaired) electrons. The zero-order valence-electron chi connectivity index (χ0n) is 9.20. The van der Waals surface area contributed by atoms with Crippen LogP contribution >= 0.6 is 0 Å². The third kappa shape index (κ3) is 2.41. The molecule has 16 heavy (non-hydrogen) atoms. The van der Waals surface area contributed by atoms with E-state index < -0.39 is 0 Å². The molecule has 1 aromatic rings. The van der Waals surface area contributed by atoms with Crippen LogP contribution in [0.2, 0.25) is 0 Å². The van der Waals surface area contributed by atoms with Gasteiger partial charge in [-0.05, 0) is 48.6 Å². The Morgan fingerprint density at radius 1 is 1.25 bits per heavy atom. The smallest absolute Gasteiger partial charge is 0.158 e. The second kappa shape index (κ2) is 4.81. The van der Waals surface area contributed by atoms with Crippen LogP contribution in [0, 0.1) is 12.3 Å². The van der Waals surface area contributed by atoms with E-state index in [4.69, 9.17) is 6.42 Å². The summed E-state index contributed by atoms with van der Waals surface area (Å²) in [7, 11) is 0. The lowest BCUT2D eigenvalue weighted by atomic mass is 9.92. The van der Waals surface area contributed by atoms with E-state index in [1.807, 2.05) is 30.3 Å². The molecule has 0 spiro atoms. The fraction of sp³-hybridized carbons (Fsp3) is 0.267. The van der Waals surface area contributed by atoms with Gasteiger partial charge in [-0.2, -0.15) is 0 Å². The summed E-state index contributed by atoms with van der Waals surface area (Å²) in [4.78, 5) is 11.6. The van der Waals surface area contributed by atoms with Crippen molar-refractivity contribution in [2.45, 2.75) is 25.7 Å². The molecule has 1 fully saturated rings. The van der Waals surface area contributed by atoms with Crippen LogP contribution in [0.25, 0.3) is 6.08 Å². The van der Waals surface area contributed by atoms with Gasteiger partial charge >= 0.3 is 0 Å². The van der Waals surface area contributed by atoms with Gasteiger partial charge in [0, 0.05) is 12.0 Å². The second-order valence-corrected chi connectivity index (χ2v) is 4.07. The zero-order chi connectivity index (χ0) is 11.4. The van der Waals surface area contributed by atoms with Crippen LogP contribution in [-0.4, -0.2) is 5.78 Å². The summed E-state index contributed by atoms with van der Waals surface area (Å²) in [5.41, 5.74) is 2.83. The van der Waals surface area contributed by atoms with E-state index in [9.17, 15) is 4.79 Å². The first-order valence-electron chi connectivity index (χ1n) is 5.60. The van der Waals surface area contributed by atoms with Gasteiger partial charge in [0.2, 0.25) is 0 Å². The highest BCUT2D eigenvalue weighted by Crippen LogP contribution is 2.22. The molecule has 1 heteroatoms. The minimum atomic E-state index is 0.289. The third-order valence-corrected chi connectivity index (χ3v) is 2.85. The Morgan fingerprint density at radius 2 is 2.06 bits per heavy atom. The van der Waals surface area contributed by atoms with Crippen LogP contribution in [0.5, 0.6) is 0 Å². The highest BCUT2D eigenvalue weighted by Gasteiger charge is 2.14. The van der Waals surface area contributed by atoms with Gasteiger partial charge in [0.15, 0.2) is 5.78 Å². The van der Waals surface area contributed by atoms with E-state index in [2.05, 4.69) is 5.92 Å². The van der Waals surface area contributed by atoms with E-state index in [1.54, 1.807) is 0 Å². The monoisotopic (exact) mass is 210 g/mol. The highest BCUT2D eigenvalue weighted by atomic mass is 16.1. The number of hydrogen-bond donors (Lipinski definition) is 0. The molecule has 2 rings (SSSR count). The van der Waals surface area contributed by atoms with Gasteiger partial charge in [-0.1, -0.05) is 18.1 Å². The lowest BCUT2D eigenvalue weighted by Gasteiger charge is -2.12. The number of Topliss-reactive ketones (excluding diaryl/α,β-unsaturated/α-hetero) is 1. The molecule has 0 N–H and O–H groups in total. The fourth-order valence-electron chi connectivity index (χ4n) is 1.97. The van der Waals surface area contributed by atoms with Gasteiger partial charge in [0.25, 0.3) is 0 Å². The molecular formula is C15H14O. The Kier molecular flexibility index (Phi) is 3.22. The maximum absolute atomic E-state index is 11.6. The Labute approximate surface area is 96.2 Å². The Hall–Kier alpha value is -1.81. The Bertz CT molecular complexity index is 474. The molecule has 1 aliphatic carbocycles. The average molecular weight is 210 g/mol. The predicted molar refractivity (Wildman–Crippen MR) is 65.8 cm³/mol. The summed E-state index contributed by atoms with van der Waals surface area (Å²) in [5, 5.41) is 0. The van der Waals surface area contributed by atoms with Gasteiger partial charge in [-0.25, -0.2) is 0 Å². The largest absolute Gasteiger partial charge is 0.295 e. The van der Waals surface area contributed by atoms with Gasteiger partial charge in [0.05, 0.1) is 0 Å². The van der Waals surface area contributed by atoms with Crippen molar-refractivity contribution in [3.63, 3.8) is 0 Å². The maximum atomic E-state index is 11.6. The van der Waals surface area contributed by atoms with E-state index in [0.717, 1.165) is 36.0 Å². The van der Waals surface area contributed by atoms with E-state index >= 15 is 0 Å². The molecule has 0 heterocycles. The minimum Gasteiger partial charge on any atom is -0.295 e. The van der Waals surface area contributed by atoms with Crippen LogP contribution in [0.3, 0.4) is 0 Å². The quantitative estimate of drug-likeness (QED) is 0.514. The summed E-state index contributed by atoms with van der Waals surface area (Å²) >= 11 is 0. The van der Waals surface area contributed by atoms with Gasteiger partial charge in [-0.3, -0.25) is 4.79 Å². The van der Waals surface area contributed by atoms with Crippen molar-refractivity contribution in [2.24, 2.45) is 0 Å².